The van der Waals surface area contributed by atoms with E-state index in [0.717, 1.165) is 17.1 Å². The van der Waals surface area contributed by atoms with Crippen molar-refractivity contribution in [3.8, 4) is 11.5 Å². The first-order valence-electron chi connectivity index (χ1n) is 9.99. The smallest absolute Gasteiger partial charge is 0.313 e. The van der Waals surface area contributed by atoms with Crippen molar-refractivity contribution in [1.29, 1.82) is 0 Å². The quantitative estimate of drug-likeness (QED) is 0.531. The molecule has 2 aromatic rings. The van der Waals surface area contributed by atoms with E-state index in [9.17, 15) is 9.59 Å². The zero-order chi connectivity index (χ0) is 21.5. The summed E-state index contributed by atoms with van der Waals surface area (Å²) >= 11 is 0. The fourth-order valence-corrected chi connectivity index (χ4v) is 3.70. The highest BCUT2D eigenvalue weighted by Gasteiger charge is 2.34. The first-order chi connectivity index (χ1) is 14.5. The first-order valence-corrected chi connectivity index (χ1v) is 9.99. The highest BCUT2D eigenvalue weighted by molar-refractivity contribution is 5.94. The number of hydrogen-bond acceptors (Lipinski definition) is 5. The molecule has 3 unspecified atom stereocenters. The van der Waals surface area contributed by atoms with Gasteiger partial charge in [-0.2, -0.15) is 0 Å². The van der Waals surface area contributed by atoms with Crippen molar-refractivity contribution in [2.45, 2.75) is 25.3 Å². The zero-order valence-electron chi connectivity index (χ0n) is 17.5. The zero-order valence-corrected chi connectivity index (χ0v) is 17.5. The molecule has 0 radical (unpaired) electrons. The number of esters is 1. The third kappa shape index (κ3) is 5.00. The van der Waals surface area contributed by atoms with E-state index < -0.39 is 5.92 Å². The minimum absolute atomic E-state index is 0.0727. The van der Waals surface area contributed by atoms with E-state index in [1.807, 2.05) is 43.3 Å². The van der Waals surface area contributed by atoms with E-state index in [1.54, 1.807) is 31.4 Å². The largest absolute Gasteiger partial charge is 0.497 e. The molecule has 1 N–H and O–H groups in total. The number of nitrogens with one attached hydrogen (secondary N) is 1. The summed E-state index contributed by atoms with van der Waals surface area (Å²) in [6.45, 7) is 2.49. The van der Waals surface area contributed by atoms with Gasteiger partial charge in [0.05, 0.1) is 26.7 Å². The van der Waals surface area contributed by atoms with Crippen molar-refractivity contribution in [2.75, 3.05) is 20.8 Å². The van der Waals surface area contributed by atoms with Crippen molar-refractivity contribution in [3.05, 3.63) is 71.8 Å². The van der Waals surface area contributed by atoms with Crippen LogP contribution in [0.25, 0.3) is 0 Å². The van der Waals surface area contributed by atoms with Crippen LogP contribution in [0.3, 0.4) is 0 Å². The van der Waals surface area contributed by atoms with Gasteiger partial charge in [-0.1, -0.05) is 24.3 Å². The van der Waals surface area contributed by atoms with E-state index >= 15 is 0 Å². The molecule has 1 amide bonds. The van der Waals surface area contributed by atoms with Crippen LogP contribution in [0, 0.1) is 5.92 Å². The van der Waals surface area contributed by atoms with E-state index in [4.69, 9.17) is 14.2 Å². The first kappa shape index (κ1) is 21.4. The lowest BCUT2D eigenvalue weighted by atomic mass is 9.85. The van der Waals surface area contributed by atoms with Crippen LogP contribution >= 0.6 is 0 Å². The molecule has 30 heavy (non-hydrogen) atoms. The molecule has 1 aliphatic carbocycles. The Balaban J connectivity index is 1.66. The molecular weight excluding hydrogens is 382 g/mol. The topological polar surface area (TPSA) is 73.9 Å². The average Bonchev–Trinajstić information content (AvgIpc) is 3.22. The Morgan fingerprint density at radius 3 is 2.27 bits per heavy atom. The van der Waals surface area contributed by atoms with Gasteiger partial charge < -0.3 is 19.5 Å². The molecule has 6 heteroatoms. The van der Waals surface area contributed by atoms with Crippen LogP contribution < -0.4 is 14.8 Å². The maximum Gasteiger partial charge on any atom is 0.313 e. The summed E-state index contributed by atoms with van der Waals surface area (Å²) in [7, 11) is 2.99. The van der Waals surface area contributed by atoms with Gasteiger partial charge in [-0.25, -0.2) is 0 Å². The van der Waals surface area contributed by atoms with Crippen molar-refractivity contribution in [3.63, 3.8) is 0 Å². The maximum atomic E-state index is 12.6. The van der Waals surface area contributed by atoms with Crippen molar-refractivity contribution < 1.29 is 23.8 Å². The monoisotopic (exact) mass is 409 g/mol. The SMILES string of the molecule is CCOc1ccc(C(=O)NC2C=CC(C(C(=O)OC)c3ccc(OC)cc3)C2)cc1. The summed E-state index contributed by atoms with van der Waals surface area (Å²) in [6, 6.07) is 14.3. The summed E-state index contributed by atoms with van der Waals surface area (Å²) in [6.07, 6.45) is 4.54. The van der Waals surface area contributed by atoms with Gasteiger partial charge in [0.1, 0.15) is 11.5 Å². The number of ether oxygens (including phenoxy) is 3. The second kappa shape index (κ2) is 9.96. The molecule has 6 nitrogen and oxygen atoms in total. The molecule has 0 saturated carbocycles. The number of rotatable bonds is 8. The average molecular weight is 409 g/mol. The normalized spacial score (nSPS) is 18.5. The lowest BCUT2D eigenvalue weighted by Crippen LogP contribution is -2.33. The fraction of sp³-hybridized carbons (Fsp3) is 0.333. The van der Waals surface area contributed by atoms with E-state index in [-0.39, 0.29) is 23.8 Å². The summed E-state index contributed by atoms with van der Waals surface area (Å²) in [4.78, 5) is 25.1. The van der Waals surface area contributed by atoms with Gasteiger partial charge in [-0.3, -0.25) is 9.59 Å². The predicted octanol–water partition coefficient (Wildman–Crippen LogP) is 3.73. The van der Waals surface area contributed by atoms with Crippen LogP contribution in [-0.4, -0.2) is 38.7 Å². The van der Waals surface area contributed by atoms with Gasteiger partial charge in [0.25, 0.3) is 5.91 Å². The van der Waals surface area contributed by atoms with Crippen LogP contribution in [0.2, 0.25) is 0 Å². The molecule has 0 aliphatic heterocycles. The molecule has 0 bridgehead atoms. The molecule has 0 saturated heterocycles. The van der Waals surface area contributed by atoms with E-state index in [2.05, 4.69) is 5.32 Å². The number of benzene rings is 2. The Hall–Kier alpha value is -3.28. The standard InChI is InChI=1S/C24H27NO5/c1-4-30-21-13-8-17(9-14-21)23(26)25-19-10-5-18(15-19)22(24(27)29-3)16-6-11-20(28-2)12-7-16/h5-14,18-19,22H,4,15H2,1-3H3,(H,25,26). The Kier molecular flexibility index (Phi) is 7.12. The van der Waals surface area contributed by atoms with Gasteiger partial charge in [-0.15, -0.1) is 0 Å². The van der Waals surface area contributed by atoms with Crippen LogP contribution in [0.5, 0.6) is 11.5 Å². The Morgan fingerprint density at radius 2 is 1.67 bits per heavy atom. The van der Waals surface area contributed by atoms with Gasteiger partial charge in [0.2, 0.25) is 0 Å². The molecule has 0 heterocycles. The molecule has 2 aromatic carbocycles. The Morgan fingerprint density at radius 1 is 1.00 bits per heavy atom. The number of methoxy groups -OCH3 is 2. The fourth-order valence-electron chi connectivity index (χ4n) is 3.70. The summed E-state index contributed by atoms with van der Waals surface area (Å²) in [5.41, 5.74) is 1.42. The number of carbonyl (C=O) groups excluding carboxylic acids is 2. The Labute approximate surface area is 176 Å². The maximum absolute atomic E-state index is 12.6. The molecular formula is C24H27NO5. The van der Waals surface area contributed by atoms with Crippen LogP contribution in [0.1, 0.15) is 35.2 Å². The second-order valence-corrected chi connectivity index (χ2v) is 7.10. The lowest BCUT2D eigenvalue weighted by Gasteiger charge is -2.22. The molecule has 3 rings (SSSR count). The summed E-state index contributed by atoms with van der Waals surface area (Å²) in [5, 5.41) is 3.02. The summed E-state index contributed by atoms with van der Waals surface area (Å²) < 4.78 is 15.7. The highest BCUT2D eigenvalue weighted by atomic mass is 16.5. The molecule has 158 valence electrons. The minimum Gasteiger partial charge on any atom is -0.497 e. The van der Waals surface area contributed by atoms with Crippen molar-refractivity contribution >= 4 is 11.9 Å². The van der Waals surface area contributed by atoms with E-state index in [0.29, 0.717) is 18.6 Å². The third-order valence-corrected chi connectivity index (χ3v) is 5.22. The molecule has 0 spiro atoms. The molecule has 0 aromatic heterocycles. The summed E-state index contributed by atoms with van der Waals surface area (Å²) in [5.74, 6) is 0.488. The van der Waals surface area contributed by atoms with Gasteiger partial charge in [-0.05, 0) is 61.2 Å². The molecule has 0 fully saturated rings. The van der Waals surface area contributed by atoms with Crippen molar-refractivity contribution in [1.82, 2.24) is 5.32 Å². The second-order valence-electron chi connectivity index (χ2n) is 7.10. The van der Waals surface area contributed by atoms with Crippen LogP contribution in [-0.2, 0) is 9.53 Å². The molecule has 3 atom stereocenters. The lowest BCUT2D eigenvalue weighted by molar-refractivity contribution is -0.143. The Bertz CT molecular complexity index is 889. The predicted molar refractivity (Wildman–Crippen MR) is 114 cm³/mol. The number of allylic oxidation sites excluding steroid dienone is 1. The number of amides is 1. The van der Waals surface area contributed by atoms with Crippen LogP contribution in [0.15, 0.2) is 60.7 Å². The van der Waals surface area contributed by atoms with Gasteiger partial charge >= 0.3 is 5.97 Å². The number of carbonyl (C=O) groups is 2. The van der Waals surface area contributed by atoms with Crippen molar-refractivity contribution in [2.24, 2.45) is 5.92 Å². The van der Waals surface area contributed by atoms with Gasteiger partial charge in [0.15, 0.2) is 0 Å². The number of hydrogen-bond donors (Lipinski definition) is 1. The highest BCUT2D eigenvalue weighted by Crippen LogP contribution is 2.35. The third-order valence-electron chi connectivity index (χ3n) is 5.22. The molecule has 1 aliphatic rings. The van der Waals surface area contributed by atoms with Crippen LogP contribution in [0.4, 0.5) is 0 Å². The van der Waals surface area contributed by atoms with E-state index in [1.165, 1.54) is 7.11 Å². The minimum atomic E-state index is -0.440. The van der Waals surface area contributed by atoms with Gasteiger partial charge in [0, 0.05) is 11.6 Å².